The van der Waals surface area contributed by atoms with Crippen molar-refractivity contribution in [3.8, 4) is 0 Å². The van der Waals surface area contributed by atoms with Crippen LogP contribution in [0.2, 0.25) is 0 Å². The lowest BCUT2D eigenvalue weighted by molar-refractivity contribution is 0.400. The molecule has 0 radical (unpaired) electrons. The van der Waals surface area contributed by atoms with Gasteiger partial charge in [0, 0.05) is 20.7 Å². The topological polar surface area (TPSA) is 12.0 Å². The van der Waals surface area contributed by atoms with Crippen LogP contribution in [0.3, 0.4) is 0 Å². The van der Waals surface area contributed by atoms with Crippen LogP contribution in [-0.2, 0) is 0 Å². The highest BCUT2D eigenvalue weighted by Gasteiger charge is 2.23. The van der Waals surface area contributed by atoms with E-state index in [1.165, 1.54) is 54.3 Å². The highest BCUT2D eigenvalue weighted by molar-refractivity contribution is 9.10. The fraction of sp³-hybridized carbons (Fsp3) is 0.647. The lowest BCUT2D eigenvalue weighted by Crippen LogP contribution is -2.39. The van der Waals surface area contributed by atoms with Crippen molar-refractivity contribution in [3.05, 3.63) is 28.7 Å². The first-order valence-corrected chi connectivity index (χ1v) is 9.62. The van der Waals surface area contributed by atoms with Gasteiger partial charge >= 0.3 is 0 Å². The van der Waals surface area contributed by atoms with Crippen molar-refractivity contribution in [1.29, 1.82) is 0 Å². The monoisotopic (exact) mass is 355 g/mol. The third kappa shape index (κ3) is 5.42. The van der Waals surface area contributed by atoms with Gasteiger partial charge in [-0.2, -0.15) is 0 Å². The second-order valence-corrected chi connectivity index (χ2v) is 7.89. The Morgan fingerprint density at radius 2 is 2.00 bits per heavy atom. The summed E-state index contributed by atoms with van der Waals surface area (Å²) in [6.45, 7) is 3.41. The lowest BCUT2D eigenvalue weighted by atomic mass is 9.96. The first-order valence-electron chi connectivity index (χ1n) is 7.95. The average Bonchev–Trinajstić information content (AvgIpc) is 2.41. The number of rotatable bonds is 5. The maximum absolute atomic E-state index is 3.79. The van der Waals surface area contributed by atoms with Crippen LogP contribution in [0.4, 0.5) is 0 Å². The molecule has 112 valence electrons. The summed E-state index contributed by atoms with van der Waals surface area (Å²) in [6, 6.07) is 9.42. The molecule has 2 rings (SSSR count). The van der Waals surface area contributed by atoms with Crippen molar-refractivity contribution >= 4 is 27.7 Å². The van der Waals surface area contributed by atoms with E-state index in [4.69, 9.17) is 0 Å². The number of halogens is 1. The van der Waals surface area contributed by atoms with Gasteiger partial charge in [-0.15, -0.1) is 11.8 Å². The molecule has 20 heavy (non-hydrogen) atoms. The zero-order valence-corrected chi connectivity index (χ0v) is 14.8. The Hall–Kier alpha value is 0.01000. The summed E-state index contributed by atoms with van der Waals surface area (Å²) in [4.78, 5) is 1.40. The zero-order valence-electron chi connectivity index (χ0n) is 12.4. The average molecular weight is 356 g/mol. The maximum Gasteiger partial charge on any atom is 0.0248 e. The minimum atomic E-state index is 0.680. The van der Waals surface area contributed by atoms with Crippen molar-refractivity contribution in [1.82, 2.24) is 5.32 Å². The normalized spacial score (nSPS) is 24.1. The Labute approximate surface area is 136 Å². The Kier molecular flexibility index (Phi) is 7.47. The second-order valence-electron chi connectivity index (χ2n) is 5.67. The van der Waals surface area contributed by atoms with Crippen molar-refractivity contribution < 1.29 is 0 Å². The Morgan fingerprint density at radius 3 is 2.75 bits per heavy atom. The van der Waals surface area contributed by atoms with Crippen LogP contribution in [0.15, 0.2) is 33.6 Å². The molecule has 2 unspecified atom stereocenters. The largest absolute Gasteiger partial charge is 0.313 e. The quantitative estimate of drug-likeness (QED) is 0.734. The van der Waals surface area contributed by atoms with Gasteiger partial charge in [0.2, 0.25) is 0 Å². The third-order valence-electron chi connectivity index (χ3n) is 3.94. The Balaban J connectivity index is 2.01. The van der Waals surface area contributed by atoms with E-state index in [-0.39, 0.29) is 0 Å². The van der Waals surface area contributed by atoms with Crippen LogP contribution < -0.4 is 5.32 Å². The van der Waals surface area contributed by atoms with Gasteiger partial charge in [-0.3, -0.25) is 0 Å². The molecule has 3 heteroatoms. The zero-order chi connectivity index (χ0) is 14.2. The highest BCUT2D eigenvalue weighted by atomic mass is 79.9. The number of nitrogens with one attached hydrogen (secondary N) is 1. The fourth-order valence-corrected chi connectivity index (χ4v) is 4.80. The van der Waals surface area contributed by atoms with E-state index in [0.29, 0.717) is 6.04 Å². The van der Waals surface area contributed by atoms with Crippen LogP contribution in [0.25, 0.3) is 0 Å². The van der Waals surface area contributed by atoms with Crippen LogP contribution in [-0.4, -0.2) is 17.8 Å². The molecule has 0 bridgehead atoms. The van der Waals surface area contributed by atoms with Crippen molar-refractivity contribution in [2.75, 3.05) is 6.54 Å². The Bertz CT molecular complexity index is 394. The predicted octanol–water partition coefficient (Wildman–Crippen LogP) is 5.63. The molecule has 0 aromatic heterocycles. The lowest BCUT2D eigenvalue weighted by Gasteiger charge is -2.30. The number of hydrogen-bond donors (Lipinski definition) is 1. The first kappa shape index (κ1) is 16.4. The number of hydrogen-bond acceptors (Lipinski definition) is 2. The van der Waals surface area contributed by atoms with Crippen molar-refractivity contribution in [3.63, 3.8) is 0 Å². The van der Waals surface area contributed by atoms with Gasteiger partial charge < -0.3 is 5.32 Å². The molecule has 0 heterocycles. The van der Waals surface area contributed by atoms with E-state index in [1.54, 1.807) is 0 Å². The van der Waals surface area contributed by atoms with E-state index in [0.717, 1.165) is 11.8 Å². The van der Waals surface area contributed by atoms with Crippen molar-refractivity contribution in [2.24, 2.45) is 0 Å². The molecule has 1 aliphatic carbocycles. The van der Waals surface area contributed by atoms with Gasteiger partial charge in [0.05, 0.1) is 0 Å². The fourth-order valence-electron chi connectivity index (χ4n) is 2.87. The molecule has 1 aliphatic rings. The van der Waals surface area contributed by atoms with E-state index < -0.39 is 0 Å². The van der Waals surface area contributed by atoms with E-state index >= 15 is 0 Å². The van der Waals surface area contributed by atoms with Gasteiger partial charge in [0.1, 0.15) is 0 Å². The SMILES string of the molecule is CCCNC1CCCCCCC1Sc1cccc(Br)c1. The summed E-state index contributed by atoms with van der Waals surface area (Å²) in [6.07, 6.45) is 9.51. The second kappa shape index (κ2) is 9.11. The van der Waals surface area contributed by atoms with Crippen molar-refractivity contribution in [2.45, 2.75) is 68.1 Å². The van der Waals surface area contributed by atoms with Gasteiger partial charge in [-0.1, -0.05) is 54.6 Å². The Morgan fingerprint density at radius 1 is 1.20 bits per heavy atom. The number of benzene rings is 1. The molecule has 0 amide bonds. The molecular weight excluding hydrogens is 330 g/mol. The summed E-state index contributed by atoms with van der Waals surface area (Å²) in [5.74, 6) is 0. The molecule has 1 fully saturated rings. The minimum Gasteiger partial charge on any atom is -0.313 e. The van der Waals surface area contributed by atoms with Gasteiger partial charge in [0.15, 0.2) is 0 Å². The van der Waals surface area contributed by atoms with Crippen LogP contribution >= 0.6 is 27.7 Å². The standard InChI is InChI=1S/C17H26BrNS/c1-2-12-19-16-10-5-3-4-6-11-17(16)20-15-9-7-8-14(18)13-15/h7-9,13,16-17,19H,2-6,10-12H2,1H3. The van der Waals surface area contributed by atoms with E-state index in [1.807, 2.05) is 0 Å². The number of thioether (sulfide) groups is 1. The molecule has 1 N–H and O–H groups in total. The summed E-state index contributed by atoms with van der Waals surface area (Å²) < 4.78 is 1.19. The third-order valence-corrected chi connectivity index (χ3v) is 5.83. The molecule has 0 aliphatic heterocycles. The van der Waals surface area contributed by atoms with Gasteiger partial charge in [-0.05, 0) is 44.0 Å². The van der Waals surface area contributed by atoms with Gasteiger partial charge in [0.25, 0.3) is 0 Å². The predicted molar refractivity (Wildman–Crippen MR) is 93.6 cm³/mol. The summed E-state index contributed by atoms with van der Waals surface area (Å²) in [5, 5.41) is 4.51. The highest BCUT2D eigenvalue weighted by Crippen LogP contribution is 2.33. The summed E-state index contributed by atoms with van der Waals surface area (Å²) >= 11 is 5.65. The molecular formula is C17H26BrNS. The molecule has 2 atom stereocenters. The molecule has 0 saturated heterocycles. The van der Waals surface area contributed by atoms with E-state index in [9.17, 15) is 0 Å². The minimum absolute atomic E-state index is 0.680. The van der Waals surface area contributed by atoms with E-state index in [2.05, 4.69) is 64.2 Å². The maximum atomic E-state index is 3.79. The smallest absolute Gasteiger partial charge is 0.0248 e. The molecule has 1 aromatic carbocycles. The molecule has 0 spiro atoms. The van der Waals surface area contributed by atoms with Crippen LogP contribution in [0, 0.1) is 0 Å². The summed E-state index contributed by atoms with van der Waals surface area (Å²) in [7, 11) is 0. The van der Waals surface area contributed by atoms with Crippen LogP contribution in [0.5, 0.6) is 0 Å². The van der Waals surface area contributed by atoms with Crippen LogP contribution in [0.1, 0.15) is 51.9 Å². The molecule has 1 aromatic rings. The van der Waals surface area contributed by atoms with Gasteiger partial charge in [-0.25, -0.2) is 0 Å². The molecule has 1 saturated carbocycles. The first-order chi connectivity index (χ1) is 9.79. The summed E-state index contributed by atoms with van der Waals surface area (Å²) in [5.41, 5.74) is 0. The molecule has 1 nitrogen and oxygen atoms in total.